The number of rotatable bonds is 7. The number of anilines is 3. The molecule has 0 saturated heterocycles. The van der Waals surface area contributed by atoms with E-state index in [-0.39, 0.29) is 16.9 Å². The highest BCUT2D eigenvalue weighted by molar-refractivity contribution is 8.02. The number of hydrogen-bond acceptors (Lipinski definition) is 7. The smallest absolute Gasteiger partial charge is 0.237 e. The molecule has 0 saturated carbocycles. The van der Waals surface area contributed by atoms with Gasteiger partial charge < -0.3 is 10.6 Å². The van der Waals surface area contributed by atoms with Gasteiger partial charge in [-0.05, 0) is 38.1 Å². The summed E-state index contributed by atoms with van der Waals surface area (Å²) in [5, 5.41) is 14.6. The normalized spacial score (nSPS) is 11.6. The molecular formula is C19H18N4O2S2. The molecule has 0 aliphatic rings. The highest BCUT2D eigenvalue weighted by Gasteiger charge is 2.17. The average Bonchev–Trinajstić information content (AvgIpc) is 3.09. The van der Waals surface area contributed by atoms with Gasteiger partial charge in [0.15, 0.2) is 10.1 Å². The van der Waals surface area contributed by atoms with Crippen molar-refractivity contribution in [2.75, 3.05) is 10.6 Å². The topological polar surface area (TPSA) is 84.0 Å². The van der Waals surface area contributed by atoms with Crippen molar-refractivity contribution in [2.24, 2.45) is 0 Å². The van der Waals surface area contributed by atoms with Crippen LogP contribution in [0.4, 0.5) is 16.5 Å². The van der Waals surface area contributed by atoms with E-state index in [1.807, 2.05) is 30.3 Å². The van der Waals surface area contributed by atoms with E-state index in [4.69, 9.17) is 0 Å². The van der Waals surface area contributed by atoms with Crippen LogP contribution in [0.2, 0.25) is 0 Å². The highest BCUT2D eigenvalue weighted by Crippen LogP contribution is 2.30. The van der Waals surface area contributed by atoms with Crippen LogP contribution >= 0.6 is 23.1 Å². The zero-order chi connectivity index (χ0) is 19.2. The number of hydrogen-bond donors (Lipinski definition) is 2. The first-order valence-electron chi connectivity index (χ1n) is 8.25. The van der Waals surface area contributed by atoms with E-state index >= 15 is 0 Å². The molecule has 6 nitrogen and oxygen atoms in total. The minimum atomic E-state index is -0.358. The molecule has 0 bridgehead atoms. The van der Waals surface area contributed by atoms with Gasteiger partial charge in [-0.1, -0.05) is 53.4 Å². The first-order valence-corrected chi connectivity index (χ1v) is 9.95. The summed E-state index contributed by atoms with van der Waals surface area (Å²) in [6.45, 7) is 3.30. The minimum absolute atomic E-state index is 0.0409. The van der Waals surface area contributed by atoms with Crippen LogP contribution in [-0.4, -0.2) is 27.1 Å². The third kappa shape index (κ3) is 5.38. The molecule has 3 rings (SSSR count). The molecule has 0 aliphatic carbocycles. The summed E-state index contributed by atoms with van der Waals surface area (Å²) in [6, 6.07) is 16.6. The molecule has 8 heteroatoms. The molecule has 0 unspecified atom stereocenters. The van der Waals surface area contributed by atoms with Gasteiger partial charge in [-0.15, -0.1) is 10.2 Å². The number of carbonyl (C=O) groups is 2. The summed E-state index contributed by atoms with van der Waals surface area (Å²) < 4.78 is 0.702. The van der Waals surface area contributed by atoms with Crippen LogP contribution in [0.25, 0.3) is 0 Å². The molecule has 2 aromatic carbocycles. The number of amides is 1. The van der Waals surface area contributed by atoms with Crippen LogP contribution in [0.1, 0.15) is 24.2 Å². The largest absolute Gasteiger partial charge is 0.330 e. The molecular weight excluding hydrogens is 380 g/mol. The molecule has 2 N–H and O–H groups in total. The lowest BCUT2D eigenvalue weighted by molar-refractivity contribution is -0.115. The van der Waals surface area contributed by atoms with Crippen LogP contribution in [-0.2, 0) is 4.79 Å². The molecule has 0 radical (unpaired) electrons. The number of carbonyl (C=O) groups excluding carboxylic acids is 2. The molecule has 138 valence electrons. The summed E-state index contributed by atoms with van der Waals surface area (Å²) in [5.74, 6) is -0.200. The van der Waals surface area contributed by atoms with E-state index in [0.717, 1.165) is 5.69 Å². The molecule has 1 heterocycles. The Morgan fingerprint density at radius 2 is 1.78 bits per heavy atom. The Balaban J connectivity index is 1.58. The van der Waals surface area contributed by atoms with Crippen molar-refractivity contribution in [3.63, 3.8) is 0 Å². The fourth-order valence-corrected chi connectivity index (χ4v) is 4.13. The molecule has 0 aliphatic heterocycles. The Hall–Kier alpha value is -2.71. The molecule has 1 aromatic heterocycles. The quantitative estimate of drug-likeness (QED) is 0.447. The Labute approximate surface area is 165 Å². The zero-order valence-corrected chi connectivity index (χ0v) is 16.4. The number of thioether (sulfide) groups is 1. The van der Waals surface area contributed by atoms with E-state index in [1.54, 1.807) is 31.2 Å². The minimum Gasteiger partial charge on any atom is -0.330 e. The lowest BCUT2D eigenvalue weighted by atomic mass is 10.1. The summed E-state index contributed by atoms with van der Waals surface area (Å²) in [6.07, 6.45) is 0. The van der Waals surface area contributed by atoms with Gasteiger partial charge in [-0.3, -0.25) is 9.59 Å². The molecule has 3 aromatic rings. The van der Waals surface area contributed by atoms with Gasteiger partial charge in [0.05, 0.1) is 5.25 Å². The Morgan fingerprint density at radius 1 is 1.04 bits per heavy atom. The Bertz CT molecular complexity index is 944. The van der Waals surface area contributed by atoms with Crippen molar-refractivity contribution in [1.29, 1.82) is 0 Å². The first-order chi connectivity index (χ1) is 13.0. The van der Waals surface area contributed by atoms with Crippen LogP contribution in [0.3, 0.4) is 0 Å². The van der Waals surface area contributed by atoms with Gasteiger partial charge in [0, 0.05) is 16.9 Å². The SMILES string of the molecule is CC(=O)c1cccc(NC(=O)[C@@H](C)Sc2nnc(Nc3ccccc3)s2)c1. The monoisotopic (exact) mass is 398 g/mol. The lowest BCUT2D eigenvalue weighted by Crippen LogP contribution is -2.22. The van der Waals surface area contributed by atoms with E-state index in [1.165, 1.54) is 30.0 Å². The van der Waals surface area contributed by atoms with E-state index in [9.17, 15) is 9.59 Å². The highest BCUT2D eigenvalue weighted by atomic mass is 32.2. The summed E-state index contributed by atoms with van der Waals surface area (Å²) >= 11 is 2.73. The number of aromatic nitrogens is 2. The third-order valence-electron chi connectivity index (χ3n) is 3.61. The average molecular weight is 399 g/mol. The van der Waals surface area contributed by atoms with Crippen molar-refractivity contribution >= 4 is 51.3 Å². The van der Waals surface area contributed by atoms with Crippen LogP contribution < -0.4 is 10.6 Å². The second-order valence-corrected chi connectivity index (χ2v) is 8.32. The van der Waals surface area contributed by atoms with Gasteiger partial charge in [-0.2, -0.15) is 0 Å². The van der Waals surface area contributed by atoms with Gasteiger partial charge in [0.2, 0.25) is 11.0 Å². The van der Waals surface area contributed by atoms with Crippen molar-refractivity contribution in [3.05, 3.63) is 60.2 Å². The van der Waals surface area contributed by atoms with Gasteiger partial charge >= 0.3 is 0 Å². The Kier molecular flexibility index (Phi) is 6.20. The fourth-order valence-electron chi connectivity index (χ4n) is 2.22. The number of nitrogens with one attached hydrogen (secondary N) is 2. The van der Waals surface area contributed by atoms with E-state index in [0.29, 0.717) is 20.7 Å². The fraction of sp³-hybridized carbons (Fsp3) is 0.158. The van der Waals surface area contributed by atoms with Gasteiger partial charge in [-0.25, -0.2) is 0 Å². The number of benzene rings is 2. The molecule has 1 amide bonds. The molecule has 0 fully saturated rings. The summed E-state index contributed by atoms with van der Waals surface area (Å²) in [7, 11) is 0. The van der Waals surface area contributed by atoms with Gasteiger partial charge in [0.1, 0.15) is 0 Å². The maximum atomic E-state index is 12.4. The number of Topliss-reactive ketones (excluding diaryl/α,β-unsaturated/α-hetero) is 1. The van der Waals surface area contributed by atoms with Crippen molar-refractivity contribution in [2.45, 2.75) is 23.4 Å². The zero-order valence-electron chi connectivity index (χ0n) is 14.8. The molecule has 1 atom stereocenters. The maximum Gasteiger partial charge on any atom is 0.237 e. The second-order valence-electron chi connectivity index (χ2n) is 5.75. The predicted octanol–water partition coefficient (Wildman–Crippen LogP) is 4.60. The number of para-hydroxylation sites is 1. The second kappa shape index (κ2) is 8.79. The summed E-state index contributed by atoms with van der Waals surface area (Å²) in [4.78, 5) is 23.9. The molecule has 27 heavy (non-hydrogen) atoms. The van der Waals surface area contributed by atoms with Crippen LogP contribution in [0.15, 0.2) is 58.9 Å². The van der Waals surface area contributed by atoms with Crippen molar-refractivity contribution in [1.82, 2.24) is 10.2 Å². The van der Waals surface area contributed by atoms with Crippen molar-refractivity contribution in [3.8, 4) is 0 Å². The van der Waals surface area contributed by atoms with E-state index in [2.05, 4.69) is 20.8 Å². The van der Waals surface area contributed by atoms with Crippen LogP contribution in [0, 0.1) is 0 Å². The number of ketones is 1. The molecule has 0 spiro atoms. The maximum absolute atomic E-state index is 12.4. The predicted molar refractivity (Wildman–Crippen MR) is 110 cm³/mol. The summed E-state index contributed by atoms with van der Waals surface area (Å²) in [5.41, 5.74) is 2.10. The van der Waals surface area contributed by atoms with Gasteiger partial charge in [0.25, 0.3) is 0 Å². The standard InChI is InChI=1S/C19H18N4O2S2/c1-12(24)14-7-6-10-16(11-14)20-17(25)13(2)26-19-23-22-18(27-19)21-15-8-4-3-5-9-15/h3-11,13H,1-2H3,(H,20,25)(H,21,22)/t13-/m1/s1. The Morgan fingerprint density at radius 3 is 2.52 bits per heavy atom. The van der Waals surface area contributed by atoms with Crippen LogP contribution in [0.5, 0.6) is 0 Å². The third-order valence-corrected chi connectivity index (χ3v) is 5.64. The lowest BCUT2D eigenvalue weighted by Gasteiger charge is -2.10. The van der Waals surface area contributed by atoms with E-state index < -0.39 is 0 Å². The first kappa shape index (κ1) is 19.1. The van der Waals surface area contributed by atoms with Crippen molar-refractivity contribution < 1.29 is 9.59 Å². The number of nitrogens with zero attached hydrogens (tertiary/aromatic N) is 2.